The van der Waals surface area contributed by atoms with Crippen LogP contribution in [-0.2, 0) is 13.1 Å². The number of nitrogens with zero attached hydrogens (tertiary/aromatic N) is 1. The van der Waals surface area contributed by atoms with E-state index in [1.807, 2.05) is 0 Å². The van der Waals surface area contributed by atoms with Crippen molar-refractivity contribution in [3.05, 3.63) is 23.7 Å². The molecule has 0 aromatic carbocycles. The largest absolute Gasteiger partial charge is 0.463 e. The zero-order valence-corrected chi connectivity index (χ0v) is 12.5. The van der Waals surface area contributed by atoms with E-state index in [0.29, 0.717) is 0 Å². The molecular weight excluding hydrogens is 236 g/mol. The fraction of sp³-hybridized carbons (Fsp3) is 0.750. The third-order valence-electron chi connectivity index (χ3n) is 4.00. The van der Waals surface area contributed by atoms with Gasteiger partial charge in [0.05, 0.1) is 13.1 Å². The predicted octanol–water partition coefficient (Wildman–Crippen LogP) is 3.54. The Labute approximate surface area is 117 Å². The molecule has 1 saturated heterocycles. The maximum absolute atomic E-state index is 5.91. The summed E-state index contributed by atoms with van der Waals surface area (Å²) in [7, 11) is 0. The summed E-state index contributed by atoms with van der Waals surface area (Å²) in [6.07, 6.45) is 6.70. The van der Waals surface area contributed by atoms with Crippen molar-refractivity contribution < 1.29 is 4.42 Å². The highest BCUT2D eigenvalue weighted by Crippen LogP contribution is 2.23. The van der Waals surface area contributed by atoms with Crippen LogP contribution in [0.5, 0.6) is 0 Å². The van der Waals surface area contributed by atoms with Crippen LogP contribution < -0.4 is 5.32 Å². The number of likely N-dealkylation sites (tertiary alicyclic amines) is 1. The fourth-order valence-electron chi connectivity index (χ4n) is 2.98. The minimum absolute atomic E-state index is 0.765. The lowest BCUT2D eigenvalue weighted by molar-refractivity contribution is 0.121. The minimum Gasteiger partial charge on any atom is -0.463 e. The smallest absolute Gasteiger partial charge is 0.118 e. The second-order valence-corrected chi connectivity index (χ2v) is 5.56. The molecule has 0 spiro atoms. The Morgan fingerprint density at radius 3 is 2.89 bits per heavy atom. The van der Waals surface area contributed by atoms with Gasteiger partial charge in [0, 0.05) is 6.04 Å². The lowest BCUT2D eigenvalue weighted by Crippen LogP contribution is -2.38. The van der Waals surface area contributed by atoms with Gasteiger partial charge in [-0.3, -0.25) is 4.90 Å². The van der Waals surface area contributed by atoms with E-state index in [1.165, 1.54) is 38.6 Å². The molecule has 19 heavy (non-hydrogen) atoms. The number of piperidine rings is 1. The van der Waals surface area contributed by atoms with Crippen LogP contribution in [-0.4, -0.2) is 24.0 Å². The number of hydrogen-bond acceptors (Lipinski definition) is 3. The molecule has 0 saturated carbocycles. The Bertz CT molecular complexity index is 359. The molecule has 2 rings (SSSR count). The van der Waals surface area contributed by atoms with E-state index < -0.39 is 0 Å². The first-order valence-corrected chi connectivity index (χ1v) is 7.85. The lowest BCUT2D eigenvalue weighted by atomic mass is 9.98. The van der Waals surface area contributed by atoms with E-state index in [2.05, 4.69) is 36.2 Å². The van der Waals surface area contributed by atoms with Crippen molar-refractivity contribution in [1.82, 2.24) is 10.2 Å². The summed E-state index contributed by atoms with van der Waals surface area (Å²) in [6.45, 7) is 8.45. The maximum Gasteiger partial charge on any atom is 0.118 e. The van der Waals surface area contributed by atoms with Crippen LogP contribution in [0.15, 0.2) is 16.5 Å². The summed E-state index contributed by atoms with van der Waals surface area (Å²) in [5, 5.41) is 3.30. The highest BCUT2D eigenvalue weighted by Gasteiger charge is 2.22. The van der Waals surface area contributed by atoms with Crippen molar-refractivity contribution in [3.63, 3.8) is 0 Å². The molecule has 1 aliphatic rings. The monoisotopic (exact) mass is 264 g/mol. The summed E-state index contributed by atoms with van der Waals surface area (Å²) in [4.78, 5) is 2.61. The molecule has 2 heterocycles. The van der Waals surface area contributed by atoms with Crippen LogP contribution in [0.25, 0.3) is 0 Å². The van der Waals surface area contributed by atoms with E-state index in [9.17, 15) is 0 Å². The normalized spacial score (nSPS) is 20.8. The van der Waals surface area contributed by atoms with Crippen LogP contribution in [0.2, 0.25) is 0 Å². The molecular formula is C16H28N2O. The van der Waals surface area contributed by atoms with E-state index in [0.717, 1.165) is 37.2 Å². The molecule has 0 aliphatic carbocycles. The van der Waals surface area contributed by atoms with Gasteiger partial charge in [-0.05, 0) is 44.5 Å². The average Bonchev–Trinajstić information content (AvgIpc) is 2.87. The molecule has 3 nitrogen and oxygen atoms in total. The van der Waals surface area contributed by atoms with Crippen LogP contribution in [0.3, 0.4) is 0 Å². The van der Waals surface area contributed by atoms with Crippen LogP contribution in [0, 0.1) is 0 Å². The number of furan rings is 1. The first-order valence-electron chi connectivity index (χ1n) is 7.85. The molecule has 1 aromatic rings. The Morgan fingerprint density at radius 1 is 1.26 bits per heavy atom. The average molecular weight is 264 g/mol. The summed E-state index contributed by atoms with van der Waals surface area (Å²) in [5.41, 5.74) is 0. The summed E-state index contributed by atoms with van der Waals surface area (Å²) in [5.74, 6) is 2.18. The van der Waals surface area contributed by atoms with Gasteiger partial charge < -0.3 is 9.73 Å². The predicted molar refractivity (Wildman–Crippen MR) is 79.0 cm³/mol. The molecule has 1 fully saturated rings. The molecule has 0 radical (unpaired) electrons. The second-order valence-electron chi connectivity index (χ2n) is 5.56. The van der Waals surface area contributed by atoms with Crippen molar-refractivity contribution in [1.29, 1.82) is 0 Å². The molecule has 1 N–H and O–H groups in total. The van der Waals surface area contributed by atoms with Crippen LogP contribution in [0.1, 0.15) is 57.5 Å². The lowest BCUT2D eigenvalue weighted by Gasteiger charge is -2.35. The molecule has 108 valence electrons. The third kappa shape index (κ3) is 4.36. The first-order chi connectivity index (χ1) is 9.33. The van der Waals surface area contributed by atoms with Gasteiger partial charge in [0.15, 0.2) is 0 Å². The van der Waals surface area contributed by atoms with E-state index in [-0.39, 0.29) is 0 Å². The maximum atomic E-state index is 5.91. The molecule has 1 aliphatic heterocycles. The molecule has 1 atom stereocenters. The van der Waals surface area contributed by atoms with Gasteiger partial charge in [0.2, 0.25) is 0 Å². The third-order valence-corrected chi connectivity index (χ3v) is 4.00. The van der Waals surface area contributed by atoms with Gasteiger partial charge in [0.1, 0.15) is 11.5 Å². The fourth-order valence-corrected chi connectivity index (χ4v) is 2.98. The van der Waals surface area contributed by atoms with Crippen molar-refractivity contribution >= 4 is 0 Å². The Balaban J connectivity index is 1.89. The highest BCUT2D eigenvalue weighted by molar-refractivity contribution is 5.07. The zero-order valence-electron chi connectivity index (χ0n) is 12.5. The van der Waals surface area contributed by atoms with Gasteiger partial charge >= 0.3 is 0 Å². The highest BCUT2D eigenvalue weighted by atomic mass is 16.3. The zero-order chi connectivity index (χ0) is 13.5. The molecule has 0 bridgehead atoms. The van der Waals surface area contributed by atoms with E-state index in [1.54, 1.807) is 0 Å². The topological polar surface area (TPSA) is 28.4 Å². The minimum atomic E-state index is 0.765. The van der Waals surface area contributed by atoms with Gasteiger partial charge in [-0.1, -0.05) is 26.7 Å². The molecule has 1 aromatic heterocycles. The van der Waals surface area contributed by atoms with Crippen molar-refractivity contribution in [2.75, 3.05) is 13.1 Å². The Morgan fingerprint density at radius 2 is 2.11 bits per heavy atom. The van der Waals surface area contributed by atoms with Gasteiger partial charge in [0.25, 0.3) is 0 Å². The SMILES string of the molecule is CCCC1CCCCN1Cc1ccc(CNCC)o1. The van der Waals surface area contributed by atoms with Gasteiger partial charge in [-0.15, -0.1) is 0 Å². The quantitative estimate of drug-likeness (QED) is 0.816. The van der Waals surface area contributed by atoms with Crippen molar-refractivity contribution in [2.45, 2.75) is 65.1 Å². The second kappa shape index (κ2) is 7.71. The van der Waals surface area contributed by atoms with E-state index >= 15 is 0 Å². The van der Waals surface area contributed by atoms with Crippen molar-refractivity contribution in [2.24, 2.45) is 0 Å². The van der Waals surface area contributed by atoms with E-state index in [4.69, 9.17) is 4.42 Å². The summed E-state index contributed by atoms with van der Waals surface area (Å²) >= 11 is 0. The summed E-state index contributed by atoms with van der Waals surface area (Å²) < 4.78 is 5.91. The Kier molecular flexibility index (Phi) is 5.93. The molecule has 0 amide bonds. The molecule has 3 heteroatoms. The number of hydrogen-bond donors (Lipinski definition) is 1. The van der Waals surface area contributed by atoms with Crippen LogP contribution in [0.4, 0.5) is 0 Å². The standard InChI is InChI=1S/C16H28N2O/c1-3-7-14-8-5-6-11-18(14)13-16-10-9-15(19-16)12-17-4-2/h9-10,14,17H,3-8,11-13H2,1-2H3. The van der Waals surface area contributed by atoms with Crippen LogP contribution >= 0.6 is 0 Å². The first kappa shape index (κ1) is 14.6. The van der Waals surface area contributed by atoms with Crippen molar-refractivity contribution in [3.8, 4) is 0 Å². The van der Waals surface area contributed by atoms with Gasteiger partial charge in [-0.25, -0.2) is 0 Å². The number of rotatable bonds is 7. The Hall–Kier alpha value is -0.800. The van der Waals surface area contributed by atoms with Gasteiger partial charge in [-0.2, -0.15) is 0 Å². The summed E-state index contributed by atoms with van der Waals surface area (Å²) in [6, 6.07) is 5.02. The number of nitrogens with one attached hydrogen (secondary N) is 1. The molecule has 1 unspecified atom stereocenters.